The molecule has 0 aromatic heterocycles. The Hall–Kier alpha value is -1.60. The summed E-state index contributed by atoms with van der Waals surface area (Å²) in [6, 6.07) is 7.26. The monoisotopic (exact) mass is 312 g/mol. The largest absolute Gasteiger partial charge is 0.484 e. The average molecular weight is 312 g/mol. The van der Waals surface area contributed by atoms with Gasteiger partial charge >= 0.3 is 0 Å². The van der Waals surface area contributed by atoms with Crippen molar-refractivity contribution in [3.8, 4) is 5.75 Å². The SMILES string of the molecule is CC1(NCc2ccc(OCC(N)=O)cc2)CCS(=O)(=O)C1. The Morgan fingerprint density at radius 3 is 2.57 bits per heavy atom. The molecule has 1 fully saturated rings. The first-order chi connectivity index (χ1) is 9.78. The lowest BCUT2D eigenvalue weighted by Crippen LogP contribution is -2.42. The zero-order chi connectivity index (χ0) is 15.5. The standard InChI is InChI=1S/C14H20N2O4S/c1-14(6-7-21(18,19)10-14)16-8-11-2-4-12(5-3-11)20-9-13(15)17/h2-5,16H,6-10H2,1H3,(H2,15,17). The molecule has 0 spiro atoms. The second-order valence-electron chi connectivity index (χ2n) is 5.66. The summed E-state index contributed by atoms with van der Waals surface area (Å²) >= 11 is 0. The third kappa shape index (κ3) is 4.71. The number of ether oxygens (including phenoxy) is 1. The maximum absolute atomic E-state index is 11.5. The van der Waals surface area contributed by atoms with E-state index in [1.807, 2.05) is 19.1 Å². The highest BCUT2D eigenvalue weighted by molar-refractivity contribution is 7.91. The lowest BCUT2D eigenvalue weighted by Gasteiger charge is -2.24. The maximum Gasteiger partial charge on any atom is 0.255 e. The van der Waals surface area contributed by atoms with E-state index in [0.717, 1.165) is 5.56 Å². The van der Waals surface area contributed by atoms with E-state index < -0.39 is 15.7 Å². The molecule has 0 aliphatic carbocycles. The van der Waals surface area contributed by atoms with Crippen LogP contribution in [0.25, 0.3) is 0 Å². The lowest BCUT2D eigenvalue weighted by molar-refractivity contribution is -0.119. The molecule has 21 heavy (non-hydrogen) atoms. The Balaban J connectivity index is 1.88. The van der Waals surface area contributed by atoms with Crippen molar-refractivity contribution in [3.05, 3.63) is 29.8 Å². The van der Waals surface area contributed by atoms with Gasteiger partial charge in [0.15, 0.2) is 16.4 Å². The smallest absolute Gasteiger partial charge is 0.255 e. The van der Waals surface area contributed by atoms with E-state index in [1.165, 1.54) is 0 Å². The molecule has 1 heterocycles. The number of carbonyl (C=O) groups is 1. The Morgan fingerprint density at radius 2 is 2.05 bits per heavy atom. The van der Waals surface area contributed by atoms with Crippen LogP contribution in [0.5, 0.6) is 5.75 Å². The second-order valence-corrected chi connectivity index (χ2v) is 7.84. The fraction of sp³-hybridized carbons (Fsp3) is 0.500. The van der Waals surface area contributed by atoms with Crippen LogP contribution in [0, 0.1) is 0 Å². The van der Waals surface area contributed by atoms with Crippen molar-refractivity contribution in [1.29, 1.82) is 0 Å². The first kappa shape index (κ1) is 15.8. The summed E-state index contributed by atoms with van der Waals surface area (Å²) in [4.78, 5) is 10.6. The molecule has 0 saturated carbocycles. The third-order valence-electron chi connectivity index (χ3n) is 3.53. The van der Waals surface area contributed by atoms with Crippen molar-refractivity contribution in [1.82, 2.24) is 5.32 Å². The number of hydrogen-bond acceptors (Lipinski definition) is 5. The summed E-state index contributed by atoms with van der Waals surface area (Å²) in [6.45, 7) is 2.37. The molecule has 116 valence electrons. The van der Waals surface area contributed by atoms with Gasteiger partial charge in [-0.1, -0.05) is 12.1 Å². The topological polar surface area (TPSA) is 98.5 Å². The molecule has 1 aromatic carbocycles. The Bertz CT molecular complexity index is 612. The van der Waals surface area contributed by atoms with Gasteiger partial charge in [-0.2, -0.15) is 0 Å². The second kappa shape index (κ2) is 6.03. The quantitative estimate of drug-likeness (QED) is 0.783. The van der Waals surface area contributed by atoms with E-state index in [-0.39, 0.29) is 23.7 Å². The molecular formula is C14H20N2O4S. The molecule has 0 bridgehead atoms. The molecule has 1 saturated heterocycles. The summed E-state index contributed by atoms with van der Waals surface area (Å²) in [5.74, 6) is 0.485. The number of carbonyl (C=O) groups excluding carboxylic acids is 1. The number of nitrogens with one attached hydrogen (secondary N) is 1. The number of amides is 1. The van der Waals surface area contributed by atoms with Crippen LogP contribution in [0.1, 0.15) is 18.9 Å². The molecule has 1 atom stereocenters. The highest BCUT2D eigenvalue weighted by Gasteiger charge is 2.37. The molecule has 1 aliphatic heterocycles. The number of hydrogen-bond donors (Lipinski definition) is 2. The number of primary amides is 1. The summed E-state index contributed by atoms with van der Waals surface area (Å²) < 4.78 is 28.2. The summed E-state index contributed by atoms with van der Waals surface area (Å²) in [7, 11) is -2.91. The van der Waals surface area contributed by atoms with E-state index in [9.17, 15) is 13.2 Å². The summed E-state index contributed by atoms with van der Waals surface area (Å²) in [5.41, 5.74) is 5.66. The van der Waals surface area contributed by atoms with Gasteiger partial charge in [0.2, 0.25) is 0 Å². The minimum Gasteiger partial charge on any atom is -0.484 e. The van der Waals surface area contributed by atoms with Gasteiger partial charge < -0.3 is 15.8 Å². The van der Waals surface area contributed by atoms with Gasteiger partial charge in [-0.3, -0.25) is 4.79 Å². The highest BCUT2D eigenvalue weighted by Crippen LogP contribution is 2.23. The zero-order valence-corrected chi connectivity index (χ0v) is 12.8. The number of rotatable bonds is 6. The maximum atomic E-state index is 11.5. The number of sulfone groups is 1. The van der Waals surface area contributed by atoms with Crippen LogP contribution in [0.3, 0.4) is 0 Å². The molecule has 3 N–H and O–H groups in total. The Morgan fingerprint density at radius 1 is 1.38 bits per heavy atom. The van der Waals surface area contributed by atoms with Gasteiger partial charge in [0.1, 0.15) is 5.75 Å². The highest BCUT2D eigenvalue weighted by atomic mass is 32.2. The Kier molecular flexibility index (Phi) is 4.53. The van der Waals surface area contributed by atoms with E-state index >= 15 is 0 Å². The fourth-order valence-corrected chi connectivity index (χ4v) is 4.45. The molecular weight excluding hydrogens is 292 g/mol. The van der Waals surface area contributed by atoms with Gasteiger partial charge in [-0.25, -0.2) is 8.42 Å². The minimum absolute atomic E-state index is 0.145. The van der Waals surface area contributed by atoms with Crippen LogP contribution < -0.4 is 15.8 Å². The van der Waals surface area contributed by atoms with Crippen molar-refractivity contribution in [2.75, 3.05) is 18.1 Å². The fourth-order valence-electron chi connectivity index (χ4n) is 2.32. The van der Waals surface area contributed by atoms with Gasteiger partial charge in [-0.15, -0.1) is 0 Å². The Labute approximate surface area is 124 Å². The van der Waals surface area contributed by atoms with Crippen LogP contribution in [-0.4, -0.2) is 38.0 Å². The number of benzene rings is 1. The van der Waals surface area contributed by atoms with Crippen LogP contribution in [0.15, 0.2) is 24.3 Å². The summed E-state index contributed by atoms with van der Waals surface area (Å²) in [5, 5.41) is 3.31. The van der Waals surface area contributed by atoms with Gasteiger partial charge in [-0.05, 0) is 31.0 Å². The third-order valence-corrected chi connectivity index (χ3v) is 5.43. The van der Waals surface area contributed by atoms with Crippen molar-refractivity contribution >= 4 is 15.7 Å². The predicted octanol–water partition coefficient (Wildman–Crippen LogP) is 0.217. The van der Waals surface area contributed by atoms with Crippen LogP contribution in [0.4, 0.5) is 0 Å². The van der Waals surface area contributed by atoms with Gasteiger partial charge in [0.25, 0.3) is 5.91 Å². The van der Waals surface area contributed by atoms with Crippen molar-refractivity contribution in [2.45, 2.75) is 25.4 Å². The zero-order valence-electron chi connectivity index (χ0n) is 12.0. The predicted molar refractivity (Wildman–Crippen MR) is 79.6 cm³/mol. The molecule has 6 nitrogen and oxygen atoms in total. The van der Waals surface area contributed by atoms with Crippen molar-refractivity contribution in [2.24, 2.45) is 5.73 Å². The van der Waals surface area contributed by atoms with Gasteiger partial charge in [0.05, 0.1) is 11.5 Å². The van der Waals surface area contributed by atoms with Crippen LogP contribution >= 0.6 is 0 Å². The average Bonchev–Trinajstić information content (AvgIpc) is 2.70. The minimum atomic E-state index is -2.91. The van der Waals surface area contributed by atoms with Crippen LogP contribution in [0.2, 0.25) is 0 Å². The molecule has 2 rings (SSSR count). The first-order valence-corrected chi connectivity index (χ1v) is 8.56. The molecule has 1 amide bonds. The normalized spacial score (nSPS) is 23.9. The lowest BCUT2D eigenvalue weighted by atomic mass is 10.0. The van der Waals surface area contributed by atoms with E-state index in [0.29, 0.717) is 18.7 Å². The molecule has 1 aliphatic rings. The molecule has 1 aromatic rings. The molecule has 1 unspecified atom stereocenters. The van der Waals surface area contributed by atoms with E-state index in [1.54, 1.807) is 12.1 Å². The number of nitrogens with two attached hydrogens (primary N) is 1. The van der Waals surface area contributed by atoms with E-state index in [2.05, 4.69) is 5.32 Å². The van der Waals surface area contributed by atoms with Crippen LogP contribution in [-0.2, 0) is 21.2 Å². The van der Waals surface area contributed by atoms with E-state index in [4.69, 9.17) is 10.5 Å². The van der Waals surface area contributed by atoms with Crippen molar-refractivity contribution in [3.63, 3.8) is 0 Å². The van der Waals surface area contributed by atoms with Crippen molar-refractivity contribution < 1.29 is 17.9 Å². The summed E-state index contributed by atoms with van der Waals surface area (Å²) in [6.07, 6.45) is 0.634. The molecule has 7 heteroatoms. The molecule has 0 radical (unpaired) electrons. The van der Waals surface area contributed by atoms with Gasteiger partial charge in [0, 0.05) is 12.1 Å². The first-order valence-electron chi connectivity index (χ1n) is 6.74.